The molecule has 0 fully saturated rings. The van der Waals surface area contributed by atoms with Crippen LogP contribution < -0.4 is 15.4 Å². The minimum Gasteiger partial charge on any atom is -0.374 e. The number of nitrogens with one attached hydrogen (secondary N) is 1. The fourth-order valence-corrected chi connectivity index (χ4v) is 14.1. The van der Waals surface area contributed by atoms with E-state index in [2.05, 4.69) is 223 Å². The fourth-order valence-electron chi connectivity index (χ4n) is 14.1. The van der Waals surface area contributed by atoms with Gasteiger partial charge in [-0.15, -0.1) is 0 Å². The van der Waals surface area contributed by atoms with Gasteiger partial charge in [0.15, 0.2) is 0 Å². The summed E-state index contributed by atoms with van der Waals surface area (Å²) in [5, 5.41) is 23.3. The SMILES string of the molecule is C/C=C\C1=C(C)C(C)(C)c2cc(N(c3ccc4c(c3)C(C)(C)c3ccccc3-4)c3ccc4c(c3)C(C)(C)c3cc(C5CC=c6c7ccc8c9c(ccc(c%10cccc5c6%10)c97)C(O)NC8)ccc3-4)ccc21. The van der Waals surface area contributed by atoms with Gasteiger partial charge in [0, 0.05) is 51.3 Å². The van der Waals surface area contributed by atoms with Crippen molar-refractivity contribution in [2.24, 2.45) is 0 Å². The third-order valence-corrected chi connectivity index (χ3v) is 18.0. The molecule has 5 aliphatic rings. The molecule has 3 nitrogen and oxygen atoms in total. The first-order chi connectivity index (χ1) is 33.8. The molecule has 4 aliphatic carbocycles. The molecule has 2 N–H and O–H groups in total. The summed E-state index contributed by atoms with van der Waals surface area (Å²) in [5.41, 5.74) is 24.4. The lowest BCUT2D eigenvalue weighted by Gasteiger charge is -2.31. The van der Waals surface area contributed by atoms with Crippen LogP contribution in [0.2, 0.25) is 0 Å². The highest BCUT2D eigenvalue weighted by Gasteiger charge is 2.40. The van der Waals surface area contributed by atoms with Gasteiger partial charge in [0.25, 0.3) is 0 Å². The van der Waals surface area contributed by atoms with Crippen LogP contribution in [0.5, 0.6) is 0 Å². The zero-order chi connectivity index (χ0) is 47.7. The quantitative estimate of drug-likeness (QED) is 0.133. The zero-order valence-corrected chi connectivity index (χ0v) is 41.5. The first-order valence-electron chi connectivity index (χ1n) is 25.4. The van der Waals surface area contributed by atoms with Crippen LogP contribution in [0.1, 0.15) is 130 Å². The van der Waals surface area contributed by atoms with Crippen molar-refractivity contribution in [3.8, 4) is 22.3 Å². The Kier molecular flexibility index (Phi) is 8.55. The molecule has 0 radical (unpaired) electrons. The van der Waals surface area contributed by atoms with Crippen molar-refractivity contribution < 1.29 is 5.11 Å². The number of hydrogen-bond acceptors (Lipinski definition) is 3. The molecule has 9 aromatic carbocycles. The van der Waals surface area contributed by atoms with Gasteiger partial charge in [0.05, 0.1) is 0 Å². The van der Waals surface area contributed by atoms with Crippen LogP contribution in [0.15, 0.2) is 157 Å². The van der Waals surface area contributed by atoms with Crippen molar-refractivity contribution in [2.75, 3.05) is 4.90 Å². The molecule has 0 spiro atoms. The lowest BCUT2D eigenvalue weighted by molar-refractivity contribution is 0.135. The first kappa shape index (κ1) is 41.9. The predicted octanol–water partition coefficient (Wildman–Crippen LogP) is 16.0. The summed E-state index contributed by atoms with van der Waals surface area (Å²) in [5.74, 6) is 0.237. The molecule has 9 aromatic rings. The van der Waals surface area contributed by atoms with E-state index in [1.165, 1.54) is 138 Å². The summed E-state index contributed by atoms with van der Waals surface area (Å²) >= 11 is 0. The summed E-state index contributed by atoms with van der Waals surface area (Å²) in [7, 11) is 0. The Bertz CT molecular complexity index is 3950. The van der Waals surface area contributed by atoms with Crippen molar-refractivity contribution in [3.05, 3.63) is 218 Å². The van der Waals surface area contributed by atoms with E-state index in [1.54, 1.807) is 0 Å². The van der Waals surface area contributed by atoms with E-state index in [0.717, 1.165) is 12.0 Å². The number of aliphatic hydroxyl groups excluding tert-OH is 1. The number of fused-ring (bicyclic) bond motifs is 9. The van der Waals surface area contributed by atoms with E-state index >= 15 is 0 Å². The minimum absolute atomic E-state index is 0.0949. The van der Waals surface area contributed by atoms with Gasteiger partial charge in [0.2, 0.25) is 0 Å². The second-order valence-electron chi connectivity index (χ2n) is 22.5. The van der Waals surface area contributed by atoms with E-state index in [9.17, 15) is 5.11 Å². The molecule has 3 heteroatoms. The summed E-state index contributed by atoms with van der Waals surface area (Å²) in [6, 6.07) is 53.9. The van der Waals surface area contributed by atoms with Crippen molar-refractivity contribution in [3.63, 3.8) is 0 Å². The van der Waals surface area contributed by atoms with Crippen molar-refractivity contribution in [1.82, 2.24) is 5.32 Å². The molecule has 2 atom stereocenters. The van der Waals surface area contributed by atoms with E-state index in [-0.39, 0.29) is 22.2 Å². The van der Waals surface area contributed by atoms with Gasteiger partial charge in [-0.1, -0.05) is 168 Å². The highest BCUT2D eigenvalue weighted by atomic mass is 16.3. The number of anilines is 3. The summed E-state index contributed by atoms with van der Waals surface area (Å²) in [6.45, 7) is 19.5. The highest BCUT2D eigenvalue weighted by molar-refractivity contribution is 6.24. The zero-order valence-electron chi connectivity index (χ0n) is 41.5. The maximum absolute atomic E-state index is 11.0. The lowest BCUT2D eigenvalue weighted by Crippen LogP contribution is -2.25. The summed E-state index contributed by atoms with van der Waals surface area (Å²) < 4.78 is 0. The molecule has 1 heterocycles. The predicted molar refractivity (Wildman–Crippen MR) is 294 cm³/mol. The van der Waals surface area contributed by atoms with Gasteiger partial charge in [-0.05, 0) is 172 Å². The summed E-state index contributed by atoms with van der Waals surface area (Å²) in [6.07, 6.45) is 7.25. The average Bonchev–Trinajstić information content (AvgIpc) is 3.82. The maximum atomic E-state index is 11.0. The van der Waals surface area contributed by atoms with Crippen LogP contribution in [-0.2, 0) is 22.8 Å². The van der Waals surface area contributed by atoms with Crippen molar-refractivity contribution in [2.45, 2.75) is 96.7 Å². The van der Waals surface area contributed by atoms with Crippen LogP contribution in [0.25, 0.3) is 66.2 Å². The second-order valence-corrected chi connectivity index (χ2v) is 22.5. The second kappa shape index (κ2) is 14.3. The van der Waals surface area contributed by atoms with Gasteiger partial charge in [-0.3, -0.25) is 5.32 Å². The molecule has 70 heavy (non-hydrogen) atoms. The molecule has 1 aliphatic heterocycles. The smallest absolute Gasteiger partial charge is 0.131 e. The third kappa shape index (κ3) is 5.43. The van der Waals surface area contributed by atoms with Gasteiger partial charge in [-0.2, -0.15) is 0 Å². The van der Waals surface area contributed by atoms with Crippen LogP contribution in [-0.4, -0.2) is 5.11 Å². The van der Waals surface area contributed by atoms with E-state index < -0.39 is 6.23 Å². The molecule has 2 unspecified atom stereocenters. The first-order valence-corrected chi connectivity index (χ1v) is 25.4. The van der Waals surface area contributed by atoms with Crippen LogP contribution in [0.4, 0.5) is 17.1 Å². The van der Waals surface area contributed by atoms with Gasteiger partial charge in [-0.25, -0.2) is 0 Å². The maximum Gasteiger partial charge on any atom is 0.131 e. The number of hydrogen-bond donors (Lipinski definition) is 2. The van der Waals surface area contributed by atoms with E-state index in [0.29, 0.717) is 6.54 Å². The molecule has 0 saturated heterocycles. The molecular weight excluding hydrogens is 849 g/mol. The minimum atomic E-state index is -0.651. The number of aliphatic hydroxyl groups is 1. The largest absolute Gasteiger partial charge is 0.374 e. The molecular formula is C67H58N2O. The Balaban J connectivity index is 0.886. The monoisotopic (exact) mass is 906 g/mol. The summed E-state index contributed by atoms with van der Waals surface area (Å²) in [4.78, 5) is 2.53. The standard InChI is InChI=1S/C67H58N2O/c1-9-13-43-37(2)65(3,4)58-33-40(20-25-46(43)58)69(41-21-26-48-45-14-10-11-17-56(45)66(5,6)59(48)34-41)42-22-27-49-47-23-18-38(32-57(47)67(7,8)60(49)35-42)44-28-29-52-53-24-19-39-36-68-64(70)55-31-30-54(63(53)61(39)55)51-16-12-15-50(44)62(51)52/h9-27,29-35,44,64,68,70H,28,36H2,1-8H3/b13-9-. The number of allylic oxidation sites excluding steroid dienone is 4. The molecule has 0 aromatic heterocycles. The Labute approximate surface area is 411 Å². The molecule has 342 valence electrons. The topological polar surface area (TPSA) is 35.5 Å². The number of rotatable bonds is 5. The molecule has 0 saturated carbocycles. The van der Waals surface area contributed by atoms with Crippen LogP contribution in [0.3, 0.4) is 0 Å². The normalized spacial score (nSPS) is 19.4. The Morgan fingerprint density at radius 1 is 0.543 bits per heavy atom. The van der Waals surface area contributed by atoms with E-state index in [1.807, 2.05) is 0 Å². The lowest BCUT2D eigenvalue weighted by atomic mass is 9.76. The average molecular weight is 907 g/mol. The van der Waals surface area contributed by atoms with Gasteiger partial charge in [0.1, 0.15) is 6.23 Å². The van der Waals surface area contributed by atoms with Crippen LogP contribution in [0, 0.1) is 0 Å². The molecule has 0 bridgehead atoms. The Morgan fingerprint density at radius 3 is 1.86 bits per heavy atom. The van der Waals surface area contributed by atoms with Crippen LogP contribution >= 0.6 is 0 Å². The third-order valence-electron chi connectivity index (χ3n) is 18.0. The fraction of sp³-hybridized carbons (Fsp3) is 0.224. The Hall–Kier alpha value is -7.04. The Morgan fingerprint density at radius 2 is 1.14 bits per heavy atom. The van der Waals surface area contributed by atoms with E-state index in [4.69, 9.17) is 0 Å². The number of benzene rings is 9. The molecule has 0 amide bonds. The van der Waals surface area contributed by atoms with Crippen molar-refractivity contribution in [1.29, 1.82) is 0 Å². The molecule has 14 rings (SSSR count). The van der Waals surface area contributed by atoms with Gasteiger partial charge >= 0.3 is 0 Å². The number of nitrogens with zero attached hydrogens (tertiary/aromatic N) is 1. The van der Waals surface area contributed by atoms with Gasteiger partial charge < -0.3 is 10.0 Å². The van der Waals surface area contributed by atoms with Crippen molar-refractivity contribution >= 4 is 61.0 Å². The highest BCUT2D eigenvalue weighted by Crippen LogP contribution is 2.55.